The summed E-state index contributed by atoms with van der Waals surface area (Å²) in [7, 11) is 0. The smallest absolute Gasteiger partial charge is 0.268 e. The van der Waals surface area contributed by atoms with Gasteiger partial charge in [-0.15, -0.1) is 0 Å². The van der Waals surface area contributed by atoms with Crippen molar-refractivity contribution in [2.75, 3.05) is 0 Å². The van der Waals surface area contributed by atoms with Crippen molar-refractivity contribution < 1.29 is 4.79 Å². The Bertz CT molecular complexity index is 1200. The molecule has 6 heteroatoms. The highest BCUT2D eigenvalue weighted by Gasteiger charge is 2.24. The molecular weight excluding hydrogens is 410 g/mol. The highest BCUT2D eigenvalue weighted by molar-refractivity contribution is 6.02. The van der Waals surface area contributed by atoms with Crippen molar-refractivity contribution in [1.82, 2.24) is 9.88 Å². The molecule has 6 nitrogen and oxygen atoms in total. The van der Waals surface area contributed by atoms with Crippen LogP contribution >= 0.6 is 0 Å². The van der Waals surface area contributed by atoms with E-state index in [0.29, 0.717) is 17.8 Å². The highest BCUT2D eigenvalue weighted by atomic mass is 16.2. The lowest BCUT2D eigenvalue weighted by atomic mass is 9.88. The SMILES string of the molecule is N=C(N)c1ccc2cc(C(=O)N[C@H]3CC[C@H](N)CC3)n(Cc3cccc4c3CCCC4)c2c1. The van der Waals surface area contributed by atoms with E-state index in [2.05, 4.69) is 28.1 Å². The van der Waals surface area contributed by atoms with Gasteiger partial charge in [-0.05, 0) is 80.2 Å². The molecule has 2 aromatic carbocycles. The van der Waals surface area contributed by atoms with Crippen LogP contribution in [0.5, 0.6) is 0 Å². The van der Waals surface area contributed by atoms with Gasteiger partial charge in [0.2, 0.25) is 0 Å². The zero-order chi connectivity index (χ0) is 22.9. The van der Waals surface area contributed by atoms with E-state index in [4.69, 9.17) is 16.9 Å². The lowest BCUT2D eigenvalue weighted by Crippen LogP contribution is -2.41. The number of aryl methyl sites for hydroxylation is 1. The summed E-state index contributed by atoms with van der Waals surface area (Å²) < 4.78 is 2.11. The number of nitrogens with two attached hydrogens (primary N) is 2. The van der Waals surface area contributed by atoms with Crippen LogP contribution in [0.15, 0.2) is 42.5 Å². The molecular formula is C27H33N5O. The van der Waals surface area contributed by atoms with Gasteiger partial charge >= 0.3 is 0 Å². The number of nitrogens with one attached hydrogen (secondary N) is 2. The fourth-order valence-corrected chi connectivity index (χ4v) is 5.48. The maximum Gasteiger partial charge on any atom is 0.268 e. The largest absolute Gasteiger partial charge is 0.384 e. The number of nitrogen functional groups attached to an aromatic ring is 1. The molecule has 1 heterocycles. The lowest BCUT2D eigenvalue weighted by Gasteiger charge is -2.27. The average molecular weight is 444 g/mol. The second-order valence-corrected chi connectivity index (χ2v) is 9.65. The van der Waals surface area contributed by atoms with Crippen molar-refractivity contribution >= 4 is 22.6 Å². The van der Waals surface area contributed by atoms with Crippen molar-refractivity contribution in [3.63, 3.8) is 0 Å². The van der Waals surface area contributed by atoms with E-state index in [1.807, 2.05) is 24.3 Å². The molecule has 1 aromatic heterocycles. The molecule has 3 aromatic rings. The fourth-order valence-electron chi connectivity index (χ4n) is 5.48. The summed E-state index contributed by atoms with van der Waals surface area (Å²) in [4.78, 5) is 13.5. The van der Waals surface area contributed by atoms with E-state index >= 15 is 0 Å². The van der Waals surface area contributed by atoms with Gasteiger partial charge in [0.15, 0.2) is 0 Å². The molecule has 0 unspecified atom stereocenters. The Morgan fingerprint density at radius 3 is 2.64 bits per heavy atom. The van der Waals surface area contributed by atoms with Crippen LogP contribution in [-0.4, -0.2) is 28.4 Å². The Balaban J connectivity index is 1.54. The van der Waals surface area contributed by atoms with Gasteiger partial charge in [-0.3, -0.25) is 10.2 Å². The van der Waals surface area contributed by atoms with Gasteiger partial charge in [-0.25, -0.2) is 0 Å². The average Bonchev–Trinajstić information content (AvgIpc) is 3.18. The normalized spacial score (nSPS) is 20.4. The predicted octanol–water partition coefficient (Wildman–Crippen LogP) is 3.85. The van der Waals surface area contributed by atoms with Crippen LogP contribution in [0.25, 0.3) is 10.9 Å². The number of amidine groups is 1. The number of fused-ring (bicyclic) bond motifs is 2. The molecule has 1 saturated carbocycles. The van der Waals surface area contributed by atoms with Crippen LogP contribution in [0.1, 0.15) is 71.3 Å². The van der Waals surface area contributed by atoms with E-state index in [0.717, 1.165) is 49.4 Å². The third-order valence-electron chi connectivity index (χ3n) is 7.38. The van der Waals surface area contributed by atoms with E-state index < -0.39 is 0 Å². The zero-order valence-electron chi connectivity index (χ0n) is 19.1. The number of aromatic nitrogens is 1. The first-order valence-corrected chi connectivity index (χ1v) is 12.1. The Hall–Kier alpha value is -3.12. The fraction of sp³-hybridized carbons (Fsp3) is 0.407. The van der Waals surface area contributed by atoms with Crippen molar-refractivity contribution in [2.24, 2.45) is 11.5 Å². The Morgan fingerprint density at radius 2 is 1.85 bits per heavy atom. The molecule has 0 saturated heterocycles. The van der Waals surface area contributed by atoms with Crippen molar-refractivity contribution in [3.8, 4) is 0 Å². The molecule has 1 fully saturated rings. The molecule has 0 radical (unpaired) electrons. The third kappa shape index (κ3) is 4.40. The van der Waals surface area contributed by atoms with Crippen LogP contribution in [0.3, 0.4) is 0 Å². The summed E-state index contributed by atoms with van der Waals surface area (Å²) in [5.41, 5.74) is 18.2. The topological polar surface area (TPSA) is 110 Å². The quantitative estimate of drug-likeness (QED) is 0.355. The van der Waals surface area contributed by atoms with Crippen molar-refractivity contribution in [3.05, 3.63) is 70.4 Å². The van der Waals surface area contributed by atoms with E-state index in [1.165, 1.54) is 29.5 Å². The summed E-state index contributed by atoms with van der Waals surface area (Å²) in [5, 5.41) is 12.1. The molecule has 0 aliphatic heterocycles. The zero-order valence-corrected chi connectivity index (χ0v) is 19.1. The third-order valence-corrected chi connectivity index (χ3v) is 7.38. The van der Waals surface area contributed by atoms with Gasteiger partial charge < -0.3 is 21.4 Å². The molecule has 0 bridgehead atoms. The molecule has 6 N–H and O–H groups in total. The second-order valence-electron chi connectivity index (χ2n) is 9.65. The monoisotopic (exact) mass is 443 g/mol. The summed E-state index contributed by atoms with van der Waals surface area (Å²) in [6.07, 6.45) is 8.42. The number of carbonyl (C=O) groups excluding carboxylic acids is 1. The summed E-state index contributed by atoms with van der Waals surface area (Å²) in [6.45, 7) is 0.631. The molecule has 5 rings (SSSR count). The second kappa shape index (κ2) is 9.02. The first-order chi connectivity index (χ1) is 16.0. The van der Waals surface area contributed by atoms with E-state index in [9.17, 15) is 4.79 Å². The summed E-state index contributed by atoms with van der Waals surface area (Å²) >= 11 is 0. The van der Waals surface area contributed by atoms with Gasteiger partial charge in [-0.2, -0.15) is 0 Å². The first kappa shape index (κ1) is 21.7. The number of nitrogens with zero attached hydrogens (tertiary/aromatic N) is 1. The number of hydrogen-bond donors (Lipinski definition) is 4. The van der Waals surface area contributed by atoms with E-state index in [-0.39, 0.29) is 23.8 Å². The minimum absolute atomic E-state index is 0.0336. The minimum Gasteiger partial charge on any atom is -0.384 e. The van der Waals surface area contributed by atoms with Gasteiger partial charge in [0.25, 0.3) is 5.91 Å². The number of benzene rings is 2. The maximum atomic E-state index is 13.5. The molecule has 0 spiro atoms. The Labute approximate surface area is 194 Å². The molecule has 2 aliphatic carbocycles. The number of carbonyl (C=O) groups is 1. The van der Waals surface area contributed by atoms with Gasteiger partial charge in [0, 0.05) is 35.1 Å². The van der Waals surface area contributed by atoms with Crippen molar-refractivity contribution in [1.29, 1.82) is 5.41 Å². The van der Waals surface area contributed by atoms with Crippen LogP contribution in [0.4, 0.5) is 0 Å². The predicted molar refractivity (Wildman–Crippen MR) is 133 cm³/mol. The Morgan fingerprint density at radius 1 is 1.06 bits per heavy atom. The summed E-state index contributed by atoms with van der Waals surface area (Å²) in [6, 6.07) is 14.7. The van der Waals surface area contributed by atoms with Gasteiger partial charge in [0.05, 0.1) is 0 Å². The summed E-state index contributed by atoms with van der Waals surface area (Å²) in [5.74, 6) is -0.00729. The van der Waals surface area contributed by atoms with Gasteiger partial charge in [-0.1, -0.05) is 30.3 Å². The number of amides is 1. The van der Waals surface area contributed by atoms with Crippen LogP contribution in [0, 0.1) is 5.41 Å². The number of hydrogen-bond acceptors (Lipinski definition) is 3. The van der Waals surface area contributed by atoms with E-state index in [1.54, 1.807) is 0 Å². The maximum absolute atomic E-state index is 13.5. The standard InChI is InChI=1S/C27H33N5O/c28-21-10-12-22(13-11-21)31-27(33)25-14-18-8-9-19(26(29)30)15-24(18)32(25)16-20-6-3-5-17-4-1-2-7-23(17)20/h3,5-6,8-9,14-15,21-22H,1-2,4,7,10-13,16,28H2,(H3,29,30)(H,31,33)/t21-,22-. The molecule has 33 heavy (non-hydrogen) atoms. The van der Waals surface area contributed by atoms with Gasteiger partial charge in [0.1, 0.15) is 11.5 Å². The molecule has 2 aliphatic rings. The first-order valence-electron chi connectivity index (χ1n) is 12.1. The lowest BCUT2D eigenvalue weighted by molar-refractivity contribution is 0.0917. The van der Waals surface area contributed by atoms with Crippen molar-refractivity contribution in [2.45, 2.75) is 70.0 Å². The Kier molecular flexibility index (Phi) is 5.94. The van der Waals surface area contributed by atoms with Crippen LogP contribution in [-0.2, 0) is 19.4 Å². The van der Waals surface area contributed by atoms with Crippen LogP contribution in [0.2, 0.25) is 0 Å². The molecule has 172 valence electrons. The molecule has 1 amide bonds. The number of rotatable bonds is 5. The molecule has 0 atom stereocenters. The minimum atomic E-state index is -0.0409. The van der Waals surface area contributed by atoms with Crippen LogP contribution < -0.4 is 16.8 Å². The highest BCUT2D eigenvalue weighted by Crippen LogP contribution is 2.28.